The fraction of sp³-hybridized carbons (Fsp3) is 0.222. The molecule has 0 N–H and O–H groups in total. The predicted molar refractivity (Wildman–Crippen MR) is 55.2 cm³/mol. The number of aryl methyl sites for hydroxylation is 1. The number of carbonyl (C=O) groups is 1. The first-order valence-electron chi connectivity index (χ1n) is 3.60. The van der Waals surface area contributed by atoms with Crippen LogP contribution in [0.1, 0.15) is 15.9 Å². The highest BCUT2D eigenvalue weighted by Gasteiger charge is 2.09. The monoisotopic (exact) mass is 262 g/mol. The van der Waals surface area contributed by atoms with E-state index in [2.05, 4.69) is 20.7 Å². The average Bonchev–Trinajstić information content (AvgIpc) is 2.12. The van der Waals surface area contributed by atoms with Crippen molar-refractivity contribution in [1.82, 2.24) is 0 Å². The molecule has 0 heterocycles. The summed E-state index contributed by atoms with van der Waals surface area (Å²) < 4.78 is 5.38. The molecule has 0 unspecified atom stereocenters. The molecule has 13 heavy (non-hydrogen) atoms. The third kappa shape index (κ3) is 2.23. The maximum Gasteiger partial charge on any atom is 0.337 e. The van der Waals surface area contributed by atoms with Crippen LogP contribution in [0.4, 0.5) is 0 Å². The zero-order chi connectivity index (χ0) is 10.0. The molecule has 0 radical (unpaired) electrons. The molecule has 0 aliphatic rings. The molecular formula is C9H8BrClO2. The topological polar surface area (TPSA) is 26.3 Å². The van der Waals surface area contributed by atoms with E-state index >= 15 is 0 Å². The Balaban J connectivity index is 3.20. The fourth-order valence-electron chi connectivity index (χ4n) is 0.962. The molecule has 4 heteroatoms. The van der Waals surface area contributed by atoms with Crippen molar-refractivity contribution in [2.75, 3.05) is 7.11 Å². The summed E-state index contributed by atoms with van der Waals surface area (Å²) >= 11 is 9.17. The van der Waals surface area contributed by atoms with Gasteiger partial charge in [0.15, 0.2) is 0 Å². The number of hydrogen-bond donors (Lipinski definition) is 0. The van der Waals surface area contributed by atoms with Gasteiger partial charge in [-0.1, -0.05) is 11.6 Å². The Morgan fingerprint density at radius 3 is 2.62 bits per heavy atom. The molecule has 2 nitrogen and oxygen atoms in total. The van der Waals surface area contributed by atoms with Crippen molar-refractivity contribution in [3.63, 3.8) is 0 Å². The second-order valence-electron chi connectivity index (χ2n) is 2.58. The Labute approximate surface area is 90.0 Å². The lowest BCUT2D eigenvalue weighted by atomic mass is 10.1. The van der Waals surface area contributed by atoms with Crippen molar-refractivity contribution < 1.29 is 9.53 Å². The average molecular weight is 264 g/mol. The van der Waals surface area contributed by atoms with Crippen molar-refractivity contribution in [2.24, 2.45) is 0 Å². The van der Waals surface area contributed by atoms with Crippen LogP contribution in [-0.4, -0.2) is 13.1 Å². The lowest BCUT2D eigenvalue weighted by Gasteiger charge is -2.04. The van der Waals surface area contributed by atoms with Crippen molar-refractivity contribution in [2.45, 2.75) is 6.92 Å². The van der Waals surface area contributed by atoms with Crippen molar-refractivity contribution in [3.05, 3.63) is 32.8 Å². The third-order valence-corrected chi connectivity index (χ3v) is 3.21. The van der Waals surface area contributed by atoms with Crippen molar-refractivity contribution in [1.29, 1.82) is 0 Å². The summed E-state index contributed by atoms with van der Waals surface area (Å²) in [6.07, 6.45) is 0. The Bertz CT molecular complexity index is 326. The smallest absolute Gasteiger partial charge is 0.337 e. The first kappa shape index (κ1) is 10.5. The SMILES string of the molecule is COC(=O)c1cc(C)c(Br)c(Cl)c1. The first-order valence-corrected chi connectivity index (χ1v) is 4.77. The number of ether oxygens (including phenoxy) is 1. The molecule has 0 spiro atoms. The highest BCUT2D eigenvalue weighted by Crippen LogP contribution is 2.27. The lowest BCUT2D eigenvalue weighted by molar-refractivity contribution is 0.0600. The largest absolute Gasteiger partial charge is 0.465 e. The highest BCUT2D eigenvalue weighted by atomic mass is 79.9. The van der Waals surface area contributed by atoms with E-state index in [4.69, 9.17) is 11.6 Å². The van der Waals surface area contributed by atoms with Gasteiger partial charge in [0.2, 0.25) is 0 Å². The minimum Gasteiger partial charge on any atom is -0.465 e. The number of benzene rings is 1. The second-order valence-corrected chi connectivity index (χ2v) is 3.78. The van der Waals surface area contributed by atoms with Gasteiger partial charge in [-0.3, -0.25) is 0 Å². The molecule has 0 amide bonds. The van der Waals surface area contributed by atoms with Crippen molar-refractivity contribution in [3.8, 4) is 0 Å². The molecule has 1 aromatic carbocycles. The van der Waals surface area contributed by atoms with Gasteiger partial charge < -0.3 is 4.74 Å². The first-order chi connectivity index (χ1) is 6.06. The maximum absolute atomic E-state index is 11.1. The predicted octanol–water partition coefficient (Wildman–Crippen LogP) is 3.20. The van der Waals surface area contributed by atoms with Gasteiger partial charge in [0, 0.05) is 4.47 Å². The minimum absolute atomic E-state index is 0.377. The lowest BCUT2D eigenvalue weighted by Crippen LogP contribution is -2.01. The molecule has 0 saturated carbocycles. The van der Waals surface area contributed by atoms with E-state index in [1.54, 1.807) is 12.1 Å². The molecule has 0 aromatic heterocycles. The molecule has 0 bridgehead atoms. The number of methoxy groups -OCH3 is 1. The van der Waals surface area contributed by atoms with Crippen LogP contribution in [0.2, 0.25) is 5.02 Å². The van der Waals surface area contributed by atoms with Gasteiger partial charge in [-0.05, 0) is 40.5 Å². The van der Waals surface area contributed by atoms with E-state index in [-0.39, 0.29) is 5.97 Å². The summed E-state index contributed by atoms with van der Waals surface area (Å²) in [4.78, 5) is 11.1. The van der Waals surface area contributed by atoms with Gasteiger partial charge in [0.1, 0.15) is 0 Å². The summed E-state index contributed by atoms with van der Waals surface area (Å²) in [5.74, 6) is -0.377. The maximum atomic E-state index is 11.1. The van der Waals surface area contributed by atoms with Crippen molar-refractivity contribution >= 4 is 33.5 Å². The quantitative estimate of drug-likeness (QED) is 0.727. The summed E-state index contributed by atoms with van der Waals surface area (Å²) in [6.45, 7) is 1.86. The van der Waals surface area contributed by atoms with Crippen LogP contribution in [0, 0.1) is 6.92 Å². The van der Waals surface area contributed by atoms with Gasteiger partial charge >= 0.3 is 5.97 Å². The van der Waals surface area contributed by atoms with Crippen LogP contribution in [0.15, 0.2) is 16.6 Å². The van der Waals surface area contributed by atoms with E-state index in [1.165, 1.54) is 7.11 Å². The van der Waals surface area contributed by atoms with E-state index in [0.717, 1.165) is 10.0 Å². The molecule has 0 aliphatic carbocycles. The van der Waals surface area contributed by atoms with E-state index in [0.29, 0.717) is 10.6 Å². The molecule has 70 valence electrons. The summed E-state index contributed by atoms with van der Waals surface area (Å²) in [6, 6.07) is 3.30. The van der Waals surface area contributed by atoms with E-state index < -0.39 is 0 Å². The van der Waals surface area contributed by atoms with Crippen LogP contribution in [0.25, 0.3) is 0 Å². The van der Waals surface area contributed by atoms with E-state index in [9.17, 15) is 4.79 Å². The van der Waals surface area contributed by atoms with Crippen LogP contribution < -0.4 is 0 Å². The van der Waals surface area contributed by atoms with Gasteiger partial charge in [0.05, 0.1) is 17.7 Å². The zero-order valence-corrected chi connectivity index (χ0v) is 9.57. The number of rotatable bonds is 1. The third-order valence-electron chi connectivity index (χ3n) is 1.63. The number of halogens is 2. The molecule has 0 atom stereocenters. The van der Waals surface area contributed by atoms with Crippen LogP contribution >= 0.6 is 27.5 Å². The van der Waals surface area contributed by atoms with Crippen LogP contribution in [0.5, 0.6) is 0 Å². The molecule has 0 fully saturated rings. The molecule has 0 saturated heterocycles. The number of hydrogen-bond acceptors (Lipinski definition) is 2. The molecule has 0 aliphatic heterocycles. The van der Waals surface area contributed by atoms with E-state index in [1.807, 2.05) is 6.92 Å². The summed E-state index contributed by atoms with van der Waals surface area (Å²) in [5.41, 5.74) is 1.38. The van der Waals surface area contributed by atoms with Crippen LogP contribution in [-0.2, 0) is 4.74 Å². The molecular weight excluding hydrogens is 255 g/mol. The zero-order valence-electron chi connectivity index (χ0n) is 7.23. The Morgan fingerprint density at radius 2 is 2.15 bits per heavy atom. The summed E-state index contributed by atoms with van der Waals surface area (Å²) in [5, 5.41) is 0.514. The Hall–Kier alpha value is -0.540. The standard InChI is InChI=1S/C9H8BrClO2/c1-5-3-6(9(12)13-2)4-7(11)8(5)10/h3-4H,1-2H3. The minimum atomic E-state index is -0.377. The van der Waals surface area contributed by atoms with Crippen LogP contribution in [0.3, 0.4) is 0 Å². The highest BCUT2D eigenvalue weighted by molar-refractivity contribution is 9.10. The Morgan fingerprint density at radius 1 is 1.54 bits per heavy atom. The number of esters is 1. The normalized spacial score (nSPS) is 9.85. The Kier molecular flexibility index (Phi) is 3.33. The second kappa shape index (κ2) is 4.11. The summed E-state index contributed by atoms with van der Waals surface area (Å²) in [7, 11) is 1.34. The number of carbonyl (C=O) groups excluding carboxylic acids is 1. The fourth-order valence-corrected chi connectivity index (χ4v) is 1.46. The molecule has 1 aromatic rings. The van der Waals surface area contributed by atoms with Gasteiger partial charge in [-0.2, -0.15) is 0 Å². The molecule has 1 rings (SSSR count). The van der Waals surface area contributed by atoms with Gasteiger partial charge in [-0.25, -0.2) is 4.79 Å². The van der Waals surface area contributed by atoms with Gasteiger partial charge in [0.25, 0.3) is 0 Å². The van der Waals surface area contributed by atoms with Gasteiger partial charge in [-0.15, -0.1) is 0 Å².